The Kier molecular flexibility index (Phi) is 2.94. The van der Waals surface area contributed by atoms with Gasteiger partial charge in [0.25, 0.3) is 0 Å². The van der Waals surface area contributed by atoms with Gasteiger partial charge in [-0.25, -0.2) is 0 Å². The molecule has 60 valence electrons. The minimum atomic E-state index is 0.756. The number of nitriles is 1. The summed E-state index contributed by atoms with van der Waals surface area (Å²) in [6.45, 7) is 5.16. The summed E-state index contributed by atoms with van der Waals surface area (Å²) in [6, 6.07) is 2.09. The number of hydrogen-bond acceptors (Lipinski definition) is 3. The average molecular weight is 152 g/mol. The van der Waals surface area contributed by atoms with Crippen molar-refractivity contribution < 1.29 is 4.74 Å². The van der Waals surface area contributed by atoms with Gasteiger partial charge in [0.05, 0.1) is 19.3 Å². The quantitative estimate of drug-likeness (QED) is 0.520. The molecule has 0 N–H and O–H groups in total. The van der Waals surface area contributed by atoms with Gasteiger partial charge in [0.2, 0.25) is 0 Å². The fourth-order valence-electron chi connectivity index (χ4n) is 1.01. The first-order chi connectivity index (χ1) is 5.33. The smallest absolute Gasteiger partial charge is 0.0959 e. The number of rotatable bonds is 1. The second-order valence-electron chi connectivity index (χ2n) is 2.57. The Morgan fingerprint density at radius 2 is 2.18 bits per heavy atom. The molecular formula is C8H12N2O. The second kappa shape index (κ2) is 3.99. The summed E-state index contributed by atoms with van der Waals surface area (Å²) in [5.74, 6) is 0. The second-order valence-corrected chi connectivity index (χ2v) is 2.57. The van der Waals surface area contributed by atoms with E-state index >= 15 is 0 Å². The largest absolute Gasteiger partial charge is 0.378 e. The molecule has 0 amide bonds. The number of ether oxygens (including phenoxy) is 1. The third-order valence-corrected chi connectivity index (χ3v) is 1.60. The van der Waals surface area contributed by atoms with Gasteiger partial charge in [-0.2, -0.15) is 5.26 Å². The van der Waals surface area contributed by atoms with Gasteiger partial charge in [-0.3, -0.25) is 0 Å². The fourth-order valence-corrected chi connectivity index (χ4v) is 1.01. The number of nitrogens with zero attached hydrogens (tertiary/aromatic N) is 2. The molecule has 0 bridgehead atoms. The van der Waals surface area contributed by atoms with Crippen LogP contribution in [0.4, 0.5) is 0 Å². The molecule has 0 saturated carbocycles. The van der Waals surface area contributed by atoms with Crippen LogP contribution in [-0.2, 0) is 4.74 Å². The summed E-state index contributed by atoms with van der Waals surface area (Å²) in [6.07, 6.45) is 1.89. The van der Waals surface area contributed by atoms with Crippen LogP contribution in [-0.4, -0.2) is 31.2 Å². The topological polar surface area (TPSA) is 36.3 Å². The molecule has 0 aliphatic carbocycles. The molecule has 3 nitrogen and oxygen atoms in total. The monoisotopic (exact) mass is 152 g/mol. The van der Waals surface area contributed by atoms with Crippen LogP contribution in [0, 0.1) is 11.3 Å². The van der Waals surface area contributed by atoms with Crippen LogP contribution in [0.15, 0.2) is 11.8 Å². The SMILES string of the molecule is C/C(C#N)=C\N1CCOCC1. The molecule has 0 aromatic carbocycles. The first-order valence-corrected chi connectivity index (χ1v) is 3.73. The first-order valence-electron chi connectivity index (χ1n) is 3.73. The van der Waals surface area contributed by atoms with Crippen LogP contribution >= 0.6 is 0 Å². The maximum absolute atomic E-state index is 8.49. The van der Waals surface area contributed by atoms with Gasteiger partial charge in [-0.15, -0.1) is 0 Å². The van der Waals surface area contributed by atoms with E-state index in [-0.39, 0.29) is 0 Å². The van der Waals surface area contributed by atoms with E-state index < -0.39 is 0 Å². The van der Waals surface area contributed by atoms with Crippen molar-refractivity contribution >= 4 is 0 Å². The van der Waals surface area contributed by atoms with Crippen molar-refractivity contribution in [2.24, 2.45) is 0 Å². The van der Waals surface area contributed by atoms with Crippen molar-refractivity contribution in [1.82, 2.24) is 4.90 Å². The van der Waals surface area contributed by atoms with E-state index in [1.807, 2.05) is 13.1 Å². The third kappa shape index (κ3) is 2.60. The van der Waals surface area contributed by atoms with Crippen LogP contribution in [0.1, 0.15) is 6.92 Å². The van der Waals surface area contributed by atoms with Gasteiger partial charge in [-0.1, -0.05) is 0 Å². The molecule has 0 aromatic heterocycles. The predicted octanol–water partition coefficient (Wildman–Crippen LogP) is 0.746. The third-order valence-electron chi connectivity index (χ3n) is 1.60. The van der Waals surface area contributed by atoms with Gasteiger partial charge in [0.1, 0.15) is 0 Å². The van der Waals surface area contributed by atoms with Crippen LogP contribution in [0.5, 0.6) is 0 Å². The maximum Gasteiger partial charge on any atom is 0.0959 e. The summed E-state index contributed by atoms with van der Waals surface area (Å²) in [7, 11) is 0. The average Bonchev–Trinajstić information content (AvgIpc) is 2.06. The van der Waals surface area contributed by atoms with E-state index in [0.717, 1.165) is 31.9 Å². The lowest BCUT2D eigenvalue weighted by Gasteiger charge is -2.25. The van der Waals surface area contributed by atoms with E-state index in [0.29, 0.717) is 0 Å². The lowest BCUT2D eigenvalue weighted by Crippen LogP contribution is -2.32. The van der Waals surface area contributed by atoms with Gasteiger partial charge in [0, 0.05) is 24.9 Å². The summed E-state index contributed by atoms with van der Waals surface area (Å²) in [4.78, 5) is 2.11. The minimum absolute atomic E-state index is 0.756. The highest BCUT2D eigenvalue weighted by atomic mass is 16.5. The molecule has 1 heterocycles. The van der Waals surface area contributed by atoms with Gasteiger partial charge in [0.15, 0.2) is 0 Å². The number of morpholine rings is 1. The molecule has 1 aliphatic heterocycles. The van der Waals surface area contributed by atoms with Gasteiger partial charge >= 0.3 is 0 Å². The highest BCUT2D eigenvalue weighted by molar-refractivity contribution is 5.16. The molecule has 1 rings (SSSR count). The van der Waals surface area contributed by atoms with E-state index in [1.165, 1.54) is 0 Å². The fraction of sp³-hybridized carbons (Fsp3) is 0.625. The van der Waals surface area contributed by atoms with Crippen molar-refractivity contribution in [2.75, 3.05) is 26.3 Å². The zero-order chi connectivity index (χ0) is 8.10. The Labute approximate surface area is 66.9 Å². The van der Waals surface area contributed by atoms with E-state index in [4.69, 9.17) is 10.00 Å². The van der Waals surface area contributed by atoms with E-state index in [1.54, 1.807) is 0 Å². The van der Waals surface area contributed by atoms with Crippen LogP contribution < -0.4 is 0 Å². The van der Waals surface area contributed by atoms with Gasteiger partial charge < -0.3 is 9.64 Å². The van der Waals surface area contributed by atoms with Crippen molar-refractivity contribution in [3.05, 3.63) is 11.8 Å². The van der Waals surface area contributed by atoms with Crippen molar-refractivity contribution in [1.29, 1.82) is 5.26 Å². The predicted molar refractivity (Wildman–Crippen MR) is 41.8 cm³/mol. The van der Waals surface area contributed by atoms with E-state index in [2.05, 4.69) is 11.0 Å². The molecule has 1 aliphatic rings. The molecule has 0 spiro atoms. The maximum atomic E-state index is 8.49. The molecule has 3 heteroatoms. The van der Waals surface area contributed by atoms with Crippen LogP contribution in [0.3, 0.4) is 0 Å². The van der Waals surface area contributed by atoms with Crippen molar-refractivity contribution in [3.63, 3.8) is 0 Å². The Bertz CT molecular complexity index is 187. The lowest BCUT2D eigenvalue weighted by molar-refractivity contribution is 0.0591. The number of allylic oxidation sites excluding steroid dienone is 1. The molecule has 11 heavy (non-hydrogen) atoms. The Morgan fingerprint density at radius 3 is 2.73 bits per heavy atom. The number of hydrogen-bond donors (Lipinski definition) is 0. The Morgan fingerprint density at radius 1 is 1.55 bits per heavy atom. The Hall–Kier alpha value is -1.01. The molecule has 0 unspecified atom stereocenters. The summed E-state index contributed by atoms with van der Waals surface area (Å²) in [5.41, 5.74) is 0.756. The molecule has 1 fully saturated rings. The summed E-state index contributed by atoms with van der Waals surface area (Å²) in [5, 5.41) is 8.49. The highest BCUT2D eigenvalue weighted by Gasteiger charge is 2.05. The van der Waals surface area contributed by atoms with Gasteiger partial charge in [-0.05, 0) is 6.92 Å². The zero-order valence-corrected chi connectivity index (χ0v) is 6.71. The van der Waals surface area contributed by atoms with Crippen LogP contribution in [0.2, 0.25) is 0 Å². The molecule has 0 atom stereocenters. The minimum Gasteiger partial charge on any atom is -0.378 e. The molecule has 0 aromatic rings. The molecular weight excluding hydrogens is 140 g/mol. The molecule has 0 radical (unpaired) electrons. The zero-order valence-electron chi connectivity index (χ0n) is 6.71. The molecule has 1 saturated heterocycles. The highest BCUT2D eigenvalue weighted by Crippen LogP contribution is 2.00. The Balaban J connectivity index is 2.42. The standard InChI is InChI=1S/C8H12N2O/c1-8(6-9)7-10-2-4-11-5-3-10/h7H,2-5H2,1H3/b8-7+. The normalized spacial score (nSPS) is 19.6. The summed E-state index contributed by atoms with van der Waals surface area (Å²) >= 11 is 0. The summed E-state index contributed by atoms with van der Waals surface area (Å²) < 4.78 is 5.16. The van der Waals surface area contributed by atoms with Crippen LogP contribution in [0.25, 0.3) is 0 Å². The van der Waals surface area contributed by atoms with Crippen molar-refractivity contribution in [3.8, 4) is 6.07 Å². The first kappa shape index (κ1) is 8.09. The van der Waals surface area contributed by atoms with Crippen molar-refractivity contribution in [2.45, 2.75) is 6.92 Å². The van der Waals surface area contributed by atoms with E-state index in [9.17, 15) is 0 Å². The lowest BCUT2D eigenvalue weighted by atomic mass is 10.3.